The van der Waals surface area contributed by atoms with Crippen LogP contribution in [0.1, 0.15) is 29.3 Å². The van der Waals surface area contributed by atoms with Crippen molar-refractivity contribution >= 4 is 5.91 Å². The van der Waals surface area contributed by atoms with Crippen LogP contribution >= 0.6 is 0 Å². The summed E-state index contributed by atoms with van der Waals surface area (Å²) < 4.78 is 14.9. The van der Waals surface area contributed by atoms with E-state index in [4.69, 9.17) is 5.73 Å². The molecule has 5 nitrogen and oxygen atoms in total. The van der Waals surface area contributed by atoms with E-state index in [2.05, 4.69) is 17.3 Å². The number of carbonyl (C=O) groups excluding carboxylic acids is 1. The highest BCUT2D eigenvalue weighted by Gasteiger charge is 2.10. The Morgan fingerprint density at radius 1 is 1.50 bits per heavy atom. The number of carbonyl (C=O) groups is 1. The van der Waals surface area contributed by atoms with Gasteiger partial charge in [-0.15, -0.1) is 0 Å². The van der Waals surface area contributed by atoms with Crippen LogP contribution in [0, 0.1) is 5.82 Å². The van der Waals surface area contributed by atoms with Crippen molar-refractivity contribution in [3.8, 4) is 5.69 Å². The van der Waals surface area contributed by atoms with Crippen LogP contribution in [0.15, 0.2) is 30.6 Å². The van der Waals surface area contributed by atoms with Crippen LogP contribution in [0.5, 0.6) is 0 Å². The van der Waals surface area contributed by atoms with Gasteiger partial charge in [0.2, 0.25) is 0 Å². The van der Waals surface area contributed by atoms with Crippen LogP contribution < -0.4 is 11.1 Å². The van der Waals surface area contributed by atoms with Crippen LogP contribution in [0.3, 0.4) is 0 Å². The zero-order valence-electron chi connectivity index (χ0n) is 11.3. The van der Waals surface area contributed by atoms with Gasteiger partial charge in [0.05, 0.1) is 17.4 Å². The van der Waals surface area contributed by atoms with Crippen molar-refractivity contribution in [2.45, 2.75) is 19.9 Å². The molecule has 0 atom stereocenters. The minimum atomic E-state index is -0.538. The lowest BCUT2D eigenvalue weighted by Gasteiger charge is -2.10. The Kier molecular flexibility index (Phi) is 4.47. The van der Waals surface area contributed by atoms with Crippen molar-refractivity contribution in [2.75, 3.05) is 6.54 Å². The summed E-state index contributed by atoms with van der Waals surface area (Å²) in [5, 5.41) is 7.31. The van der Waals surface area contributed by atoms with Crippen molar-refractivity contribution in [1.82, 2.24) is 15.1 Å². The second-order valence-electron chi connectivity index (χ2n) is 4.49. The van der Waals surface area contributed by atoms with Crippen LogP contribution in [0.4, 0.5) is 4.39 Å². The van der Waals surface area contributed by atoms with Gasteiger partial charge in [0, 0.05) is 12.7 Å². The molecule has 0 aliphatic heterocycles. The largest absolute Gasteiger partial charge is 0.366 e. The minimum Gasteiger partial charge on any atom is -0.366 e. The van der Waals surface area contributed by atoms with E-state index in [9.17, 15) is 9.18 Å². The number of benzene rings is 1. The monoisotopic (exact) mass is 276 g/mol. The molecule has 106 valence electrons. The molecule has 20 heavy (non-hydrogen) atoms. The number of primary amides is 1. The number of nitrogens with two attached hydrogens (primary N) is 1. The van der Waals surface area contributed by atoms with Crippen LogP contribution in [0.2, 0.25) is 0 Å². The molecule has 1 amide bonds. The summed E-state index contributed by atoms with van der Waals surface area (Å²) >= 11 is 0. The number of aromatic nitrogens is 2. The van der Waals surface area contributed by atoms with Crippen LogP contribution in [0.25, 0.3) is 5.69 Å². The molecule has 0 saturated heterocycles. The predicted molar refractivity (Wildman–Crippen MR) is 74.0 cm³/mol. The second kappa shape index (κ2) is 6.29. The minimum absolute atomic E-state index is 0.302. The highest BCUT2D eigenvalue weighted by molar-refractivity contribution is 5.92. The van der Waals surface area contributed by atoms with E-state index in [-0.39, 0.29) is 5.82 Å². The fourth-order valence-corrected chi connectivity index (χ4v) is 1.90. The zero-order valence-corrected chi connectivity index (χ0v) is 11.3. The molecule has 2 aromatic rings. The Morgan fingerprint density at radius 3 is 2.95 bits per heavy atom. The zero-order chi connectivity index (χ0) is 14.5. The molecule has 0 bridgehead atoms. The molecule has 0 spiro atoms. The summed E-state index contributed by atoms with van der Waals surface area (Å²) in [4.78, 5) is 11.1. The van der Waals surface area contributed by atoms with Gasteiger partial charge in [-0.2, -0.15) is 5.10 Å². The van der Waals surface area contributed by atoms with Gasteiger partial charge in [0.15, 0.2) is 0 Å². The molecule has 1 heterocycles. The maximum atomic E-state index is 13.4. The van der Waals surface area contributed by atoms with Gasteiger partial charge in [0.25, 0.3) is 5.91 Å². The molecule has 0 aliphatic carbocycles. The summed E-state index contributed by atoms with van der Waals surface area (Å²) in [7, 11) is 0. The van der Waals surface area contributed by atoms with Crippen molar-refractivity contribution in [3.63, 3.8) is 0 Å². The SMILES string of the molecule is CCCNCc1cc(F)ccc1-n1cc(C(N)=O)cn1. The average Bonchev–Trinajstić information content (AvgIpc) is 2.89. The van der Waals surface area contributed by atoms with Gasteiger partial charge in [-0.1, -0.05) is 6.92 Å². The first-order chi connectivity index (χ1) is 9.61. The predicted octanol–water partition coefficient (Wildman–Crippen LogP) is 1.61. The Hall–Kier alpha value is -2.21. The third-order valence-corrected chi connectivity index (χ3v) is 2.90. The molecule has 2 rings (SSSR count). The second-order valence-corrected chi connectivity index (χ2v) is 4.49. The molecular weight excluding hydrogens is 259 g/mol. The maximum Gasteiger partial charge on any atom is 0.251 e. The summed E-state index contributed by atoms with van der Waals surface area (Å²) in [6.45, 7) is 3.44. The molecule has 6 heteroatoms. The molecule has 0 radical (unpaired) electrons. The van der Waals surface area contributed by atoms with E-state index in [1.54, 1.807) is 12.3 Å². The van der Waals surface area contributed by atoms with Crippen molar-refractivity contribution in [2.24, 2.45) is 5.73 Å². The molecule has 0 unspecified atom stereocenters. The quantitative estimate of drug-likeness (QED) is 0.787. The standard InChI is InChI=1S/C14H17FN4O/c1-2-5-17-7-10-6-12(15)3-4-13(10)19-9-11(8-18-19)14(16)20/h3-4,6,8-9,17H,2,5,7H2,1H3,(H2,16,20). The number of amides is 1. The van der Waals surface area contributed by atoms with Gasteiger partial charge in [0.1, 0.15) is 5.82 Å². The van der Waals surface area contributed by atoms with Crippen molar-refractivity contribution in [1.29, 1.82) is 0 Å². The summed E-state index contributed by atoms with van der Waals surface area (Å²) in [5.74, 6) is -0.839. The fourth-order valence-electron chi connectivity index (χ4n) is 1.90. The number of nitrogens with zero attached hydrogens (tertiary/aromatic N) is 2. The van der Waals surface area contributed by atoms with Gasteiger partial charge in [-0.05, 0) is 36.7 Å². The highest BCUT2D eigenvalue weighted by atomic mass is 19.1. The smallest absolute Gasteiger partial charge is 0.251 e. The molecular formula is C14H17FN4O. The maximum absolute atomic E-state index is 13.4. The lowest BCUT2D eigenvalue weighted by atomic mass is 10.1. The molecule has 0 fully saturated rings. The van der Waals surface area contributed by atoms with E-state index >= 15 is 0 Å². The number of rotatable bonds is 6. The van der Waals surface area contributed by atoms with Gasteiger partial charge in [-0.25, -0.2) is 9.07 Å². The molecule has 1 aromatic carbocycles. The normalized spacial score (nSPS) is 10.7. The topological polar surface area (TPSA) is 72.9 Å². The summed E-state index contributed by atoms with van der Waals surface area (Å²) in [6.07, 6.45) is 3.94. The molecule has 1 aromatic heterocycles. The highest BCUT2D eigenvalue weighted by Crippen LogP contribution is 2.16. The number of halogens is 1. The third-order valence-electron chi connectivity index (χ3n) is 2.90. The number of hydrogen-bond acceptors (Lipinski definition) is 3. The van der Waals surface area contributed by atoms with Crippen LogP contribution in [-0.2, 0) is 6.54 Å². The third kappa shape index (κ3) is 3.21. The Morgan fingerprint density at radius 2 is 2.30 bits per heavy atom. The van der Waals surface area contributed by atoms with Gasteiger partial charge >= 0.3 is 0 Å². The Balaban J connectivity index is 2.31. The lowest BCUT2D eigenvalue weighted by molar-refractivity contribution is 0.100. The summed E-state index contributed by atoms with van der Waals surface area (Å²) in [5.41, 5.74) is 7.02. The van der Waals surface area contributed by atoms with E-state index in [1.165, 1.54) is 23.0 Å². The van der Waals surface area contributed by atoms with Crippen molar-refractivity contribution < 1.29 is 9.18 Å². The molecule has 0 saturated carbocycles. The van der Waals surface area contributed by atoms with E-state index < -0.39 is 5.91 Å². The molecule has 0 aliphatic rings. The van der Waals surface area contributed by atoms with Gasteiger partial charge in [-0.3, -0.25) is 4.79 Å². The first kappa shape index (κ1) is 14.2. The first-order valence-corrected chi connectivity index (χ1v) is 6.45. The van der Waals surface area contributed by atoms with Crippen molar-refractivity contribution in [3.05, 3.63) is 47.5 Å². The molecule has 3 N–H and O–H groups in total. The van der Waals surface area contributed by atoms with E-state index in [0.717, 1.165) is 24.2 Å². The number of nitrogens with one attached hydrogen (secondary N) is 1. The number of hydrogen-bond donors (Lipinski definition) is 2. The fraction of sp³-hybridized carbons (Fsp3) is 0.286. The Labute approximate surface area is 116 Å². The Bertz CT molecular complexity index is 609. The van der Waals surface area contributed by atoms with Gasteiger partial charge < -0.3 is 11.1 Å². The average molecular weight is 276 g/mol. The van der Waals surface area contributed by atoms with Crippen LogP contribution in [-0.4, -0.2) is 22.2 Å². The lowest BCUT2D eigenvalue weighted by Crippen LogP contribution is -2.16. The summed E-state index contributed by atoms with van der Waals surface area (Å²) in [6, 6.07) is 4.46. The van der Waals surface area contributed by atoms with E-state index in [0.29, 0.717) is 12.1 Å². The first-order valence-electron chi connectivity index (χ1n) is 6.45. The van der Waals surface area contributed by atoms with E-state index in [1.807, 2.05) is 0 Å².